The molecule has 0 aliphatic rings. The molecule has 3 nitrogen and oxygen atoms in total. The molecule has 192 valence electrons. The molecule has 36 heavy (non-hydrogen) atoms. The lowest BCUT2D eigenvalue weighted by Gasteiger charge is -2.07. The average molecular weight is 589 g/mol. The van der Waals surface area contributed by atoms with E-state index in [0.29, 0.717) is 28.2 Å². The standard InChI is InChI=1S/C18H15F3O2S.C8H7BrF2O/c1-3-22-12-8-6-11(15(19)16(12)20)14-9-10-5-7-13(23-4-2)17(21)18(10)24-14;1-2-12-6-4-3-5(9)7(10)8(6)11/h5-9H,3-4H2,1-2H3;3-4H,2H2,1H3. The monoisotopic (exact) mass is 588 g/mol. The van der Waals surface area contributed by atoms with Crippen molar-refractivity contribution in [1.82, 2.24) is 0 Å². The van der Waals surface area contributed by atoms with E-state index in [1.807, 2.05) is 0 Å². The van der Waals surface area contributed by atoms with E-state index in [9.17, 15) is 22.0 Å². The van der Waals surface area contributed by atoms with Crippen LogP contribution in [0.3, 0.4) is 0 Å². The van der Waals surface area contributed by atoms with Crippen LogP contribution in [0.15, 0.2) is 46.9 Å². The fourth-order valence-electron chi connectivity index (χ4n) is 3.21. The molecule has 0 aliphatic heterocycles. The summed E-state index contributed by atoms with van der Waals surface area (Å²) in [6.07, 6.45) is 0. The fraction of sp³-hybridized carbons (Fsp3) is 0.231. The molecule has 1 heterocycles. The van der Waals surface area contributed by atoms with Crippen molar-refractivity contribution in [3.8, 4) is 27.7 Å². The molecule has 0 fully saturated rings. The second kappa shape index (κ2) is 12.4. The summed E-state index contributed by atoms with van der Waals surface area (Å²) in [4.78, 5) is 0.442. The van der Waals surface area contributed by atoms with Crippen molar-refractivity contribution in [2.45, 2.75) is 20.8 Å². The second-order valence-corrected chi connectivity index (χ2v) is 9.02. The smallest absolute Gasteiger partial charge is 0.201 e. The van der Waals surface area contributed by atoms with Gasteiger partial charge in [0.05, 0.1) is 29.0 Å². The van der Waals surface area contributed by atoms with Gasteiger partial charge in [-0.15, -0.1) is 11.3 Å². The molecular formula is C26H22BrF5O3S. The molecule has 4 aromatic rings. The van der Waals surface area contributed by atoms with E-state index in [0.717, 1.165) is 11.3 Å². The van der Waals surface area contributed by atoms with Gasteiger partial charge in [-0.2, -0.15) is 8.78 Å². The summed E-state index contributed by atoms with van der Waals surface area (Å²) in [5.41, 5.74) is 0.0783. The Hall–Kier alpha value is -2.85. The lowest BCUT2D eigenvalue weighted by atomic mass is 10.1. The largest absolute Gasteiger partial charge is 0.491 e. The summed E-state index contributed by atoms with van der Waals surface area (Å²) >= 11 is 3.92. The third-order valence-electron chi connectivity index (χ3n) is 4.80. The molecule has 0 atom stereocenters. The lowest BCUT2D eigenvalue weighted by Crippen LogP contribution is -1.98. The zero-order valence-electron chi connectivity index (χ0n) is 19.6. The summed E-state index contributed by atoms with van der Waals surface area (Å²) in [5.74, 6) is -4.44. The van der Waals surface area contributed by atoms with Gasteiger partial charge in [-0.05, 0) is 84.6 Å². The molecule has 3 aromatic carbocycles. The molecular weight excluding hydrogens is 567 g/mol. The highest BCUT2D eigenvalue weighted by Gasteiger charge is 2.19. The highest BCUT2D eigenvalue weighted by atomic mass is 79.9. The van der Waals surface area contributed by atoms with Gasteiger partial charge in [0, 0.05) is 10.4 Å². The number of hydrogen-bond acceptors (Lipinski definition) is 4. The number of rotatable bonds is 7. The van der Waals surface area contributed by atoms with E-state index < -0.39 is 29.1 Å². The third-order valence-corrected chi connectivity index (χ3v) is 6.59. The Bertz CT molecular complexity index is 1360. The first-order valence-electron chi connectivity index (χ1n) is 11.0. The number of ether oxygens (including phenoxy) is 3. The van der Waals surface area contributed by atoms with Crippen LogP contribution in [-0.4, -0.2) is 19.8 Å². The van der Waals surface area contributed by atoms with Crippen molar-refractivity contribution in [2.24, 2.45) is 0 Å². The van der Waals surface area contributed by atoms with Crippen molar-refractivity contribution in [3.63, 3.8) is 0 Å². The fourth-order valence-corrected chi connectivity index (χ4v) is 4.63. The molecule has 0 saturated heterocycles. The first-order valence-corrected chi connectivity index (χ1v) is 12.6. The van der Waals surface area contributed by atoms with Crippen LogP contribution in [0.25, 0.3) is 20.5 Å². The van der Waals surface area contributed by atoms with E-state index in [2.05, 4.69) is 15.9 Å². The second-order valence-electron chi connectivity index (χ2n) is 7.12. The number of thiophene rings is 1. The van der Waals surface area contributed by atoms with Gasteiger partial charge in [0.15, 0.2) is 34.7 Å². The molecule has 0 bridgehead atoms. The minimum absolute atomic E-state index is 0.0572. The van der Waals surface area contributed by atoms with Gasteiger partial charge in [-0.25, -0.2) is 13.2 Å². The Morgan fingerprint density at radius 2 is 1.14 bits per heavy atom. The SMILES string of the molecule is CCOc1ccc(-c2cc3ccc(OCC)c(F)c3s2)c(F)c1F.CCOc1ccc(Br)c(F)c1F. The van der Waals surface area contributed by atoms with Crippen molar-refractivity contribution in [3.05, 3.63) is 76.0 Å². The number of fused-ring (bicyclic) bond motifs is 1. The number of benzene rings is 3. The molecule has 1 aromatic heterocycles. The Kier molecular flexibility index (Phi) is 9.56. The van der Waals surface area contributed by atoms with Crippen LogP contribution < -0.4 is 14.2 Å². The predicted molar refractivity (Wildman–Crippen MR) is 135 cm³/mol. The van der Waals surface area contributed by atoms with Gasteiger partial charge in [0.25, 0.3) is 0 Å². The van der Waals surface area contributed by atoms with Crippen molar-refractivity contribution < 1.29 is 36.2 Å². The van der Waals surface area contributed by atoms with Gasteiger partial charge < -0.3 is 14.2 Å². The maximum atomic E-state index is 14.4. The topological polar surface area (TPSA) is 27.7 Å². The molecule has 10 heteroatoms. The van der Waals surface area contributed by atoms with Crippen LogP contribution >= 0.6 is 27.3 Å². The van der Waals surface area contributed by atoms with Crippen molar-refractivity contribution >= 4 is 37.4 Å². The molecule has 0 unspecified atom stereocenters. The first kappa shape index (κ1) is 27.7. The van der Waals surface area contributed by atoms with Crippen LogP contribution in [-0.2, 0) is 0 Å². The summed E-state index contributed by atoms with van der Waals surface area (Å²) in [7, 11) is 0. The van der Waals surface area contributed by atoms with E-state index in [-0.39, 0.29) is 33.9 Å². The average Bonchev–Trinajstić information content (AvgIpc) is 3.30. The summed E-state index contributed by atoms with van der Waals surface area (Å²) in [6, 6.07) is 10.5. The minimum Gasteiger partial charge on any atom is -0.491 e. The Labute approximate surface area is 217 Å². The quantitative estimate of drug-likeness (QED) is 0.159. The van der Waals surface area contributed by atoms with Gasteiger partial charge >= 0.3 is 0 Å². The molecule has 4 rings (SSSR count). The molecule has 0 radical (unpaired) electrons. The normalized spacial score (nSPS) is 10.7. The van der Waals surface area contributed by atoms with Crippen LogP contribution in [0, 0.1) is 29.1 Å². The third kappa shape index (κ3) is 5.92. The zero-order valence-corrected chi connectivity index (χ0v) is 22.0. The molecule has 0 spiro atoms. The number of hydrogen-bond donors (Lipinski definition) is 0. The van der Waals surface area contributed by atoms with Crippen LogP contribution in [0.1, 0.15) is 20.8 Å². The first-order chi connectivity index (χ1) is 17.2. The van der Waals surface area contributed by atoms with Crippen molar-refractivity contribution in [1.29, 1.82) is 0 Å². The Balaban J connectivity index is 0.000000253. The minimum atomic E-state index is -1.04. The van der Waals surface area contributed by atoms with E-state index in [4.69, 9.17) is 14.2 Å². The molecule has 0 saturated carbocycles. The summed E-state index contributed by atoms with van der Waals surface area (Å²) in [5, 5.41) is 0.615. The predicted octanol–water partition coefficient (Wildman–Crippen LogP) is 8.91. The van der Waals surface area contributed by atoms with Gasteiger partial charge in [0.1, 0.15) is 0 Å². The lowest BCUT2D eigenvalue weighted by molar-refractivity contribution is 0.313. The molecule has 0 N–H and O–H groups in total. The molecule has 0 aliphatic carbocycles. The summed E-state index contributed by atoms with van der Waals surface area (Å²) < 4.78 is 84.1. The summed E-state index contributed by atoms with van der Waals surface area (Å²) in [6.45, 7) is 6.07. The van der Waals surface area contributed by atoms with E-state index in [1.54, 1.807) is 32.9 Å². The van der Waals surface area contributed by atoms with Crippen molar-refractivity contribution in [2.75, 3.05) is 19.8 Å². The van der Waals surface area contributed by atoms with Gasteiger partial charge in [0.2, 0.25) is 11.6 Å². The molecule has 0 amide bonds. The highest BCUT2D eigenvalue weighted by Crippen LogP contribution is 2.40. The van der Waals surface area contributed by atoms with Crippen LogP contribution in [0.2, 0.25) is 0 Å². The maximum Gasteiger partial charge on any atom is 0.201 e. The van der Waals surface area contributed by atoms with Crippen LogP contribution in [0.5, 0.6) is 17.2 Å². The van der Waals surface area contributed by atoms with Crippen LogP contribution in [0.4, 0.5) is 22.0 Å². The van der Waals surface area contributed by atoms with Gasteiger partial charge in [-0.3, -0.25) is 0 Å². The number of halogens is 6. The Morgan fingerprint density at radius 1 is 0.639 bits per heavy atom. The maximum absolute atomic E-state index is 14.4. The highest BCUT2D eigenvalue weighted by molar-refractivity contribution is 9.10. The zero-order chi connectivity index (χ0) is 26.4. The Morgan fingerprint density at radius 3 is 1.72 bits per heavy atom. The van der Waals surface area contributed by atoms with E-state index in [1.165, 1.54) is 30.3 Å². The van der Waals surface area contributed by atoms with Gasteiger partial charge in [-0.1, -0.05) is 0 Å². The van der Waals surface area contributed by atoms with E-state index >= 15 is 0 Å².